The Morgan fingerprint density at radius 1 is 0.426 bits per heavy atom. The molecule has 7 heteroatoms. The monoisotopic (exact) mass is 784 g/mol. The second-order valence-electron chi connectivity index (χ2n) is 10.6. The molecule has 0 aliphatic rings. The van der Waals surface area contributed by atoms with Gasteiger partial charge in [-0.1, -0.05) is 145 Å². The van der Waals surface area contributed by atoms with Crippen LogP contribution in [0.15, 0.2) is 156 Å². The molecule has 0 atom stereocenters. The number of aliphatic imine (C=N–C) groups is 2. The Bertz CT molecular complexity index is 1730. The van der Waals surface area contributed by atoms with Crippen LogP contribution in [0, 0.1) is 0 Å². The first-order chi connectivity index (χ1) is 22.9. The van der Waals surface area contributed by atoms with Crippen LogP contribution in [-0.4, -0.2) is 11.4 Å². The van der Waals surface area contributed by atoms with Gasteiger partial charge in [0.15, 0.2) is 0 Å². The molecule has 6 aromatic rings. The summed E-state index contributed by atoms with van der Waals surface area (Å²) in [6.45, 7) is 4.02. The van der Waals surface area contributed by atoms with E-state index in [1.54, 1.807) is 0 Å². The van der Waals surface area contributed by atoms with Crippen molar-refractivity contribution in [2.24, 2.45) is 9.98 Å². The first-order valence-electron chi connectivity index (χ1n) is 14.7. The number of nitrogens with zero attached hydrogens (tertiary/aromatic N) is 2. The Morgan fingerprint density at radius 3 is 0.851 bits per heavy atom. The third-order valence-corrected chi connectivity index (χ3v) is 8.01. The summed E-state index contributed by atoms with van der Waals surface area (Å²) in [4.78, 5) is 10.5. The summed E-state index contributed by atoms with van der Waals surface area (Å²) < 4.78 is 0. The molecular formula is C40H30Cl4N2Pd. The molecule has 47 heavy (non-hydrogen) atoms. The van der Waals surface area contributed by atoms with E-state index in [0.29, 0.717) is 10.0 Å². The topological polar surface area (TPSA) is 24.7 Å². The number of rotatable bonds is 7. The summed E-state index contributed by atoms with van der Waals surface area (Å²) in [6.07, 6.45) is 0. The molecular weight excluding hydrogens is 757 g/mol. The van der Waals surface area contributed by atoms with Crippen molar-refractivity contribution in [2.75, 3.05) is 0 Å². The summed E-state index contributed by atoms with van der Waals surface area (Å²) in [5, 5.41) is 1.32. The predicted octanol–water partition coefficient (Wildman–Crippen LogP) is 13.9. The van der Waals surface area contributed by atoms with Crippen LogP contribution < -0.4 is 0 Å². The Balaban J connectivity index is 0.00000139. The predicted molar refractivity (Wildman–Crippen MR) is 202 cm³/mol. The van der Waals surface area contributed by atoms with Gasteiger partial charge in [-0.25, -0.2) is 0 Å². The SMILES string of the molecule is CC(=Nc1c(-c2ccccc2)cc(Cl)cc1-c1ccccc1)C(C)=Nc1c(-c2ccccc2)cc(Cl)cc1-c1ccccc1.[Cl][Pd][Cl]. The van der Waals surface area contributed by atoms with E-state index >= 15 is 0 Å². The summed E-state index contributed by atoms with van der Waals surface area (Å²) in [5.41, 5.74) is 11.3. The van der Waals surface area contributed by atoms with Crippen LogP contribution in [0.2, 0.25) is 10.0 Å². The zero-order chi connectivity index (χ0) is 33.2. The van der Waals surface area contributed by atoms with E-state index < -0.39 is 0 Å². The van der Waals surface area contributed by atoms with E-state index in [2.05, 4.69) is 48.5 Å². The first kappa shape index (κ1) is 34.8. The quantitative estimate of drug-likeness (QED) is 0.114. The fourth-order valence-corrected chi connectivity index (χ4v) is 5.72. The van der Waals surface area contributed by atoms with Gasteiger partial charge in [0, 0.05) is 32.3 Å². The number of hydrogen-bond acceptors (Lipinski definition) is 2. The molecule has 2 nitrogen and oxygen atoms in total. The molecule has 238 valence electrons. The van der Waals surface area contributed by atoms with E-state index in [0.717, 1.165) is 67.3 Å². The van der Waals surface area contributed by atoms with E-state index in [1.165, 1.54) is 0 Å². The average Bonchev–Trinajstić information content (AvgIpc) is 3.11. The Labute approximate surface area is 302 Å². The Morgan fingerprint density at radius 2 is 0.638 bits per heavy atom. The van der Waals surface area contributed by atoms with E-state index in [1.807, 2.05) is 111 Å². The minimum absolute atomic E-state index is 0.106. The molecule has 0 spiro atoms. The summed E-state index contributed by atoms with van der Waals surface area (Å²) in [7, 11) is 9.63. The second-order valence-corrected chi connectivity index (χ2v) is 13.8. The third-order valence-electron chi connectivity index (χ3n) is 7.57. The maximum absolute atomic E-state index is 6.71. The van der Waals surface area contributed by atoms with Gasteiger partial charge in [-0.05, 0) is 60.4 Å². The van der Waals surface area contributed by atoms with Crippen molar-refractivity contribution in [1.82, 2.24) is 0 Å². The number of halogens is 4. The normalized spacial score (nSPS) is 11.6. The van der Waals surface area contributed by atoms with Crippen LogP contribution in [0.3, 0.4) is 0 Å². The Hall–Kier alpha value is -3.52. The van der Waals surface area contributed by atoms with Crippen LogP contribution >= 0.6 is 42.3 Å². The average molecular weight is 787 g/mol. The van der Waals surface area contributed by atoms with Gasteiger partial charge in [0.1, 0.15) is 0 Å². The molecule has 0 heterocycles. The van der Waals surface area contributed by atoms with Gasteiger partial charge in [-0.3, -0.25) is 9.98 Å². The minimum atomic E-state index is -0.106. The van der Waals surface area contributed by atoms with Crippen LogP contribution in [0.5, 0.6) is 0 Å². The van der Waals surface area contributed by atoms with Crippen molar-refractivity contribution in [3.8, 4) is 44.5 Å². The van der Waals surface area contributed by atoms with Crippen LogP contribution in [0.4, 0.5) is 11.4 Å². The molecule has 0 radical (unpaired) electrons. The van der Waals surface area contributed by atoms with Crippen molar-refractivity contribution >= 4 is 65.1 Å². The van der Waals surface area contributed by atoms with Gasteiger partial charge in [0.05, 0.1) is 22.8 Å². The molecule has 0 aromatic heterocycles. The maximum atomic E-state index is 6.71. The van der Waals surface area contributed by atoms with Gasteiger partial charge >= 0.3 is 35.0 Å². The van der Waals surface area contributed by atoms with E-state index in [4.69, 9.17) is 52.2 Å². The standard InChI is InChI=1S/C40H30Cl2N2.2ClH.Pd/c1-27(43-39-35(29-15-7-3-8-16-29)23-33(41)24-36(39)30-17-9-4-10-18-30)28(2)44-40-37(31-19-11-5-12-20-31)25-34(42)26-38(40)32-21-13-6-14-22-32;;;/h3-26H,1-2H3;2*1H;/q;;;+2/p-2. The fraction of sp³-hybridized carbons (Fsp3) is 0.0500. The van der Waals surface area contributed by atoms with Crippen molar-refractivity contribution in [3.63, 3.8) is 0 Å². The van der Waals surface area contributed by atoms with Gasteiger partial charge in [0.2, 0.25) is 0 Å². The molecule has 0 aliphatic heterocycles. The van der Waals surface area contributed by atoms with Crippen molar-refractivity contribution in [1.29, 1.82) is 0 Å². The summed E-state index contributed by atoms with van der Waals surface area (Å²) in [6, 6.07) is 48.9. The van der Waals surface area contributed by atoms with Crippen molar-refractivity contribution in [2.45, 2.75) is 13.8 Å². The van der Waals surface area contributed by atoms with Gasteiger partial charge in [0.25, 0.3) is 0 Å². The van der Waals surface area contributed by atoms with Crippen LogP contribution in [-0.2, 0) is 15.9 Å². The zero-order valence-electron chi connectivity index (χ0n) is 25.6. The van der Waals surface area contributed by atoms with Gasteiger partial charge < -0.3 is 0 Å². The molecule has 6 aromatic carbocycles. The molecule has 0 unspecified atom stereocenters. The van der Waals surface area contributed by atoms with E-state index in [-0.39, 0.29) is 15.9 Å². The summed E-state index contributed by atoms with van der Waals surface area (Å²) >= 11 is 13.3. The summed E-state index contributed by atoms with van der Waals surface area (Å²) in [5.74, 6) is 0. The second kappa shape index (κ2) is 17.0. The van der Waals surface area contributed by atoms with Crippen molar-refractivity contribution < 1.29 is 15.9 Å². The molecule has 0 saturated carbocycles. The van der Waals surface area contributed by atoms with E-state index in [9.17, 15) is 0 Å². The first-order valence-corrected chi connectivity index (χ1v) is 19.5. The zero-order valence-corrected chi connectivity index (χ0v) is 30.2. The van der Waals surface area contributed by atoms with Crippen LogP contribution in [0.25, 0.3) is 44.5 Å². The molecule has 6 rings (SSSR count). The van der Waals surface area contributed by atoms with Crippen LogP contribution in [0.1, 0.15) is 13.8 Å². The third kappa shape index (κ3) is 8.89. The molecule has 0 aliphatic carbocycles. The van der Waals surface area contributed by atoms with Gasteiger partial charge in [-0.2, -0.15) is 0 Å². The fourth-order valence-electron chi connectivity index (χ4n) is 5.29. The molecule has 0 bridgehead atoms. The number of benzene rings is 6. The van der Waals surface area contributed by atoms with Gasteiger partial charge in [-0.15, -0.1) is 0 Å². The Kier molecular flexibility index (Phi) is 12.6. The molecule has 0 amide bonds. The number of hydrogen-bond donors (Lipinski definition) is 0. The molecule has 0 saturated heterocycles. The molecule has 0 N–H and O–H groups in total. The van der Waals surface area contributed by atoms with Crippen molar-refractivity contribution in [3.05, 3.63) is 156 Å². The molecule has 0 fully saturated rings.